The van der Waals surface area contributed by atoms with E-state index >= 15 is 0 Å². The Labute approximate surface area is 113 Å². The second-order valence-electron chi connectivity index (χ2n) is 5.54. The van der Waals surface area contributed by atoms with Gasteiger partial charge < -0.3 is 4.74 Å². The minimum Gasteiger partial charge on any atom is -0.477 e. The predicted molar refractivity (Wildman–Crippen MR) is 71.2 cm³/mol. The van der Waals surface area contributed by atoms with Crippen molar-refractivity contribution in [3.8, 4) is 5.88 Å². The van der Waals surface area contributed by atoms with Gasteiger partial charge in [0.15, 0.2) is 0 Å². The smallest absolute Gasteiger partial charge is 0.221 e. The van der Waals surface area contributed by atoms with E-state index < -0.39 is 0 Å². The number of rotatable bonds is 4. The van der Waals surface area contributed by atoms with Crippen LogP contribution in [0, 0.1) is 12.8 Å². The molecule has 1 aromatic heterocycles. The molecule has 0 spiro atoms. The molecule has 0 N–H and O–H groups in total. The van der Waals surface area contributed by atoms with Crippen molar-refractivity contribution in [1.82, 2.24) is 9.97 Å². The van der Waals surface area contributed by atoms with E-state index in [2.05, 4.69) is 9.97 Å². The van der Waals surface area contributed by atoms with E-state index in [1.54, 1.807) is 0 Å². The third kappa shape index (κ3) is 2.61. The zero-order valence-corrected chi connectivity index (χ0v) is 11.5. The summed E-state index contributed by atoms with van der Waals surface area (Å²) in [6.07, 6.45) is 7.61. The minimum atomic E-state index is 0.511. The zero-order valence-electron chi connectivity index (χ0n) is 10.8. The number of ether oxygens (including phenoxy) is 1. The van der Waals surface area contributed by atoms with Crippen molar-refractivity contribution < 1.29 is 4.74 Å². The highest BCUT2D eigenvalue weighted by Gasteiger charge is 2.28. The number of nitrogens with zero attached hydrogens (tertiary/aromatic N) is 2. The Morgan fingerprint density at radius 1 is 1.17 bits per heavy atom. The molecule has 3 rings (SSSR count). The van der Waals surface area contributed by atoms with Gasteiger partial charge in [-0.25, -0.2) is 4.98 Å². The summed E-state index contributed by atoms with van der Waals surface area (Å²) in [5.74, 6) is 2.77. The Morgan fingerprint density at radius 3 is 2.56 bits per heavy atom. The van der Waals surface area contributed by atoms with Gasteiger partial charge in [0.05, 0.1) is 6.61 Å². The van der Waals surface area contributed by atoms with Gasteiger partial charge in [-0.2, -0.15) is 4.98 Å². The zero-order chi connectivity index (χ0) is 12.5. The van der Waals surface area contributed by atoms with Gasteiger partial charge in [-0.1, -0.05) is 24.4 Å². The van der Waals surface area contributed by atoms with Crippen LogP contribution in [0.2, 0.25) is 5.15 Å². The van der Waals surface area contributed by atoms with E-state index in [4.69, 9.17) is 16.3 Å². The summed E-state index contributed by atoms with van der Waals surface area (Å²) in [5, 5.41) is 0.549. The lowest BCUT2D eigenvalue weighted by atomic mass is 10.1. The van der Waals surface area contributed by atoms with Crippen LogP contribution in [0.4, 0.5) is 0 Å². The van der Waals surface area contributed by atoms with Crippen molar-refractivity contribution in [2.75, 3.05) is 6.61 Å². The maximum absolute atomic E-state index is 6.16. The molecule has 2 aliphatic rings. The van der Waals surface area contributed by atoms with Crippen LogP contribution in [0.15, 0.2) is 0 Å². The third-order valence-corrected chi connectivity index (χ3v) is 4.30. The number of halogens is 1. The molecule has 0 saturated heterocycles. The van der Waals surface area contributed by atoms with Gasteiger partial charge in [-0.05, 0) is 38.5 Å². The third-order valence-electron chi connectivity index (χ3n) is 3.93. The summed E-state index contributed by atoms with van der Waals surface area (Å²) in [4.78, 5) is 8.89. The highest BCUT2D eigenvalue weighted by atomic mass is 35.5. The van der Waals surface area contributed by atoms with Gasteiger partial charge in [0.1, 0.15) is 11.0 Å². The molecule has 18 heavy (non-hydrogen) atoms. The van der Waals surface area contributed by atoms with Gasteiger partial charge in [0.2, 0.25) is 5.88 Å². The van der Waals surface area contributed by atoms with Crippen LogP contribution >= 0.6 is 11.6 Å². The molecule has 3 nitrogen and oxygen atoms in total. The first-order valence-corrected chi connectivity index (χ1v) is 7.28. The standard InChI is InChI=1S/C14H19ClN2O/c1-9-12(15)16-13(11-6-7-11)17-14(9)18-8-10-4-2-3-5-10/h10-11H,2-8H2,1H3. The first-order chi connectivity index (χ1) is 8.74. The van der Waals surface area contributed by atoms with Crippen molar-refractivity contribution >= 4 is 11.6 Å². The van der Waals surface area contributed by atoms with Crippen molar-refractivity contribution in [1.29, 1.82) is 0 Å². The van der Waals surface area contributed by atoms with Crippen LogP contribution in [-0.2, 0) is 0 Å². The second kappa shape index (κ2) is 5.04. The Hall–Kier alpha value is -0.830. The minimum absolute atomic E-state index is 0.511. The average molecular weight is 267 g/mol. The molecule has 2 aliphatic carbocycles. The van der Waals surface area contributed by atoms with Crippen LogP contribution < -0.4 is 4.74 Å². The molecule has 0 bridgehead atoms. The van der Waals surface area contributed by atoms with Gasteiger partial charge in [0.25, 0.3) is 0 Å². The van der Waals surface area contributed by atoms with Gasteiger partial charge >= 0.3 is 0 Å². The van der Waals surface area contributed by atoms with Crippen LogP contribution in [-0.4, -0.2) is 16.6 Å². The topological polar surface area (TPSA) is 35.0 Å². The van der Waals surface area contributed by atoms with Crippen molar-refractivity contribution in [3.05, 3.63) is 16.5 Å². The van der Waals surface area contributed by atoms with Gasteiger partial charge in [-0.15, -0.1) is 0 Å². The Kier molecular flexibility index (Phi) is 3.42. The lowest BCUT2D eigenvalue weighted by molar-refractivity contribution is 0.241. The molecule has 0 amide bonds. The summed E-state index contributed by atoms with van der Waals surface area (Å²) in [5.41, 5.74) is 0.874. The van der Waals surface area contributed by atoms with Crippen LogP contribution in [0.1, 0.15) is 55.8 Å². The second-order valence-corrected chi connectivity index (χ2v) is 5.90. The summed E-state index contributed by atoms with van der Waals surface area (Å²) in [6.45, 7) is 2.71. The van der Waals surface area contributed by atoms with Crippen LogP contribution in [0.25, 0.3) is 0 Å². The maximum atomic E-state index is 6.16. The number of hydrogen-bond donors (Lipinski definition) is 0. The first-order valence-electron chi connectivity index (χ1n) is 6.91. The van der Waals surface area contributed by atoms with Crippen LogP contribution in [0.3, 0.4) is 0 Å². The van der Waals surface area contributed by atoms with Gasteiger partial charge in [-0.3, -0.25) is 0 Å². The molecule has 98 valence electrons. The maximum Gasteiger partial charge on any atom is 0.221 e. The average Bonchev–Trinajstić information content (AvgIpc) is 3.08. The van der Waals surface area contributed by atoms with Crippen molar-refractivity contribution in [2.24, 2.45) is 5.92 Å². The monoisotopic (exact) mass is 266 g/mol. The molecular weight excluding hydrogens is 248 g/mol. The number of hydrogen-bond acceptors (Lipinski definition) is 3. The summed E-state index contributed by atoms with van der Waals surface area (Å²) < 4.78 is 5.88. The molecule has 0 atom stereocenters. The molecule has 0 aliphatic heterocycles. The lowest BCUT2D eigenvalue weighted by Gasteiger charge is -2.13. The summed E-state index contributed by atoms with van der Waals surface area (Å²) in [6, 6.07) is 0. The van der Waals surface area contributed by atoms with E-state index in [-0.39, 0.29) is 0 Å². The normalized spacial score (nSPS) is 20.3. The molecule has 0 unspecified atom stereocenters. The fourth-order valence-electron chi connectivity index (χ4n) is 2.52. The van der Waals surface area contributed by atoms with Crippen molar-refractivity contribution in [2.45, 2.75) is 51.4 Å². The van der Waals surface area contributed by atoms with Crippen molar-refractivity contribution in [3.63, 3.8) is 0 Å². The SMILES string of the molecule is Cc1c(Cl)nc(C2CC2)nc1OCC1CCCC1. The van der Waals surface area contributed by atoms with E-state index in [1.165, 1.54) is 38.5 Å². The Morgan fingerprint density at radius 2 is 1.89 bits per heavy atom. The molecule has 2 saturated carbocycles. The van der Waals surface area contributed by atoms with E-state index in [9.17, 15) is 0 Å². The molecule has 0 aromatic carbocycles. The highest BCUT2D eigenvalue weighted by molar-refractivity contribution is 6.30. The van der Waals surface area contributed by atoms with E-state index in [1.807, 2.05) is 6.92 Å². The highest BCUT2D eigenvalue weighted by Crippen LogP contribution is 2.40. The fourth-order valence-corrected chi connectivity index (χ4v) is 2.69. The van der Waals surface area contributed by atoms with Crippen LogP contribution in [0.5, 0.6) is 5.88 Å². The first kappa shape index (κ1) is 12.2. The summed E-state index contributed by atoms with van der Waals surface area (Å²) >= 11 is 6.16. The summed E-state index contributed by atoms with van der Waals surface area (Å²) in [7, 11) is 0. The molecule has 1 heterocycles. The lowest BCUT2D eigenvalue weighted by Crippen LogP contribution is -2.11. The Bertz CT molecular complexity index is 440. The number of aromatic nitrogens is 2. The molecule has 2 fully saturated rings. The molecule has 1 aromatic rings. The Balaban J connectivity index is 1.72. The van der Waals surface area contributed by atoms with Gasteiger partial charge in [0, 0.05) is 11.5 Å². The molecular formula is C14H19ClN2O. The van der Waals surface area contributed by atoms with E-state index in [0.717, 1.165) is 18.0 Å². The predicted octanol–water partition coefficient (Wildman–Crippen LogP) is 3.88. The largest absolute Gasteiger partial charge is 0.477 e. The molecule has 4 heteroatoms. The fraction of sp³-hybridized carbons (Fsp3) is 0.714. The quantitative estimate of drug-likeness (QED) is 0.776. The van der Waals surface area contributed by atoms with E-state index in [0.29, 0.717) is 22.9 Å². The molecule has 0 radical (unpaired) electrons.